The fourth-order valence-corrected chi connectivity index (χ4v) is 2.54. The minimum absolute atomic E-state index is 0.834. The van der Waals surface area contributed by atoms with Crippen LogP contribution in [0.3, 0.4) is 0 Å². The van der Waals surface area contributed by atoms with Crippen LogP contribution < -0.4 is 4.74 Å². The molecule has 1 N–H and O–H groups in total. The van der Waals surface area contributed by atoms with Crippen molar-refractivity contribution < 1.29 is 4.74 Å². The van der Waals surface area contributed by atoms with Gasteiger partial charge in [-0.2, -0.15) is 0 Å². The van der Waals surface area contributed by atoms with Gasteiger partial charge in [0.05, 0.1) is 6.61 Å². The van der Waals surface area contributed by atoms with Gasteiger partial charge < -0.3 is 9.72 Å². The summed E-state index contributed by atoms with van der Waals surface area (Å²) in [5.74, 6) is 0.975. The number of hydrogen-bond acceptors (Lipinski definition) is 1. The normalized spacial score (nSPS) is 11.1. The number of H-pyrrole nitrogens is 1. The molecule has 20 heavy (non-hydrogen) atoms. The Morgan fingerprint density at radius 3 is 2.45 bits per heavy atom. The molecule has 0 spiro atoms. The molecule has 2 nitrogen and oxygen atoms in total. The first-order chi connectivity index (χ1) is 9.90. The zero-order chi connectivity index (χ0) is 14.0. The number of rotatable bonds is 10. The van der Waals surface area contributed by atoms with Gasteiger partial charge in [-0.05, 0) is 30.0 Å². The average molecular weight is 273 g/mol. The van der Waals surface area contributed by atoms with Crippen molar-refractivity contribution in [1.29, 1.82) is 0 Å². The van der Waals surface area contributed by atoms with Crippen molar-refractivity contribution >= 4 is 10.9 Å². The van der Waals surface area contributed by atoms with Gasteiger partial charge in [0.2, 0.25) is 0 Å². The summed E-state index contributed by atoms with van der Waals surface area (Å²) < 4.78 is 5.81. The molecular formula is C18H27NO. The van der Waals surface area contributed by atoms with E-state index in [1.165, 1.54) is 50.3 Å². The Labute approximate surface area is 122 Å². The second kappa shape index (κ2) is 8.68. The molecule has 0 amide bonds. The number of hydrogen-bond donors (Lipinski definition) is 1. The van der Waals surface area contributed by atoms with Crippen LogP contribution in [0.4, 0.5) is 0 Å². The highest BCUT2D eigenvalue weighted by Gasteiger charge is 1.98. The maximum absolute atomic E-state index is 5.81. The third-order valence-corrected chi connectivity index (χ3v) is 3.79. The molecule has 2 aromatic rings. The number of nitrogens with one attached hydrogen (secondary N) is 1. The van der Waals surface area contributed by atoms with Crippen molar-refractivity contribution in [3.05, 3.63) is 30.5 Å². The minimum Gasteiger partial charge on any atom is -0.494 e. The molecule has 0 saturated heterocycles. The zero-order valence-corrected chi connectivity index (χ0v) is 12.7. The number of unbranched alkanes of at least 4 members (excludes halogenated alkanes) is 7. The third-order valence-electron chi connectivity index (χ3n) is 3.79. The first kappa shape index (κ1) is 15.0. The Balaban J connectivity index is 1.54. The second-order valence-corrected chi connectivity index (χ2v) is 5.55. The van der Waals surface area contributed by atoms with Gasteiger partial charge in [0.1, 0.15) is 5.75 Å². The predicted octanol–water partition coefficient (Wildman–Crippen LogP) is 5.69. The summed E-state index contributed by atoms with van der Waals surface area (Å²) in [5.41, 5.74) is 1.15. The quantitative estimate of drug-likeness (QED) is 0.553. The molecule has 0 radical (unpaired) electrons. The lowest BCUT2D eigenvalue weighted by molar-refractivity contribution is 0.304. The molecule has 0 atom stereocenters. The third kappa shape index (κ3) is 4.92. The lowest BCUT2D eigenvalue weighted by Gasteiger charge is -2.06. The number of benzene rings is 1. The first-order valence-corrected chi connectivity index (χ1v) is 8.10. The molecule has 0 aliphatic rings. The highest BCUT2D eigenvalue weighted by molar-refractivity contribution is 5.80. The molecule has 0 unspecified atom stereocenters. The van der Waals surface area contributed by atoms with E-state index in [1.807, 2.05) is 6.20 Å². The van der Waals surface area contributed by atoms with Crippen LogP contribution in [0.1, 0.15) is 58.3 Å². The zero-order valence-electron chi connectivity index (χ0n) is 12.7. The van der Waals surface area contributed by atoms with Crippen LogP contribution in [0, 0.1) is 0 Å². The van der Waals surface area contributed by atoms with Crippen molar-refractivity contribution in [2.75, 3.05) is 6.61 Å². The summed E-state index contributed by atoms with van der Waals surface area (Å²) in [7, 11) is 0. The van der Waals surface area contributed by atoms with E-state index in [2.05, 4.69) is 36.2 Å². The smallest absolute Gasteiger partial charge is 0.121 e. The Morgan fingerprint density at radius 2 is 1.65 bits per heavy atom. The van der Waals surface area contributed by atoms with Crippen LogP contribution in [-0.4, -0.2) is 11.6 Å². The van der Waals surface area contributed by atoms with E-state index in [0.29, 0.717) is 0 Å². The fourth-order valence-electron chi connectivity index (χ4n) is 2.54. The van der Waals surface area contributed by atoms with Crippen LogP contribution in [-0.2, 0) is 0 Å². The van der Waals surface area contributed by atoms with Gasteiger partial charge in [-0.25, -0.2) is 0 Å². The minimum atomic E-state index is 0.834. The summed E-state index contributed by atoms with van der Waals surface area (Å²) in [6, 6.07) is 8.33. The summed E-state index contributed by atoms with van der Waals surface area (Å²) >= 11 is 0. The maximum atomic E-state index is 5.81. The molecule has 0 bridgehead atoms. The molecule has 1 aromatic heterocycles. The van der Waals surface area contributed by atoms with Crippen LogP contribution in [0.2, 0.25) is 0 Å². The number of ether oxygens (including phenoxy) is 1. The molecule has 0 saturated carbocycles. The van der Waals surface area contributed by atoms with Gasteiger partial charge in [0.25, 0.3) is 0 Å². The first-order valence-electron chi connectivity index (χ1n) is 8.10. The van der Waals surface area contributed by atoms with E-state index in [0.717, 1.165) is 24.3 Å². The standard InChI is InChI=1S/C18H27NO/c1-2-3-4-5-6-7-8-9-14-20-17-11-10-16-12-13-19-18(16)15-17/h10-13,15,19H,2-9,14H2,1H3. The molecular weight excluding hydrogens is 246 g/mol. The molecule has 0 fully saturated rings. The lowest BCUT2D eigenvalue weighted by atomic mass is 10.1. The number of aromatic amines is 1. The van der Waals surface area contributed by atoms with Gasteiger partial charge in [0.15, 0.2) is 0 Å². The number of fused-ring (bicyclic) bond motifs is 1. The van der Waals surface area contributed by atoms with E-state index in [1.54, 1.807) is 0 Å². The molecule has 0 aliphatic carbocycles. The lowest BCUT2D eigenvalue weighted by Crippen LogP contribution is -1.97. The molecule has 110 valence electrons. The van der Waals surface area contributed by atoms with Crippen LogP contribution in [0.5, 0.6) is 5.75 Å². The highest BCUT2D eigenvalue weighted by atomic mass is 16.5. The summed E-state index contributed by atoms with van der Waals surface area (Å²) in [5, 5.41) is 1.24. The van der Waals surface area contributed by atoms with Gasteiger partial charge >= 0.3 is 0 Å². The van der Waals surface area contributed by atoms with E-state index in [4.69, 9.17) is 4.74 Å². The molecule has 1 aromatic carbocycles. The van der Waals surface area contributed by atoms with E-state index >= 15 is 0 Å². The van der Waals surface area contributed by atoms with Crippen LogP contribution >= 0.6 is 0 Å². The Bertz CT molecular complexity index is 489. The Hall–Kier alpha value is -1.44. The maximum Gasteiger partial charge on any atom is 0.121 e. The molecule has 0 aliphatic heterocycles. The van der Waals surface area contributed by atoms with E-state index in [-0.39, 0.29) is 0 Å². The van der Waals surface area contributed by atoms with Gasteiger partial charge in [0, 0.05) is 17.8 Å². The largest absolute Gasteiger partial charge is 0.494 e. The topological polar surface area (TPSA) is 25.0 Å². The summed E-state index contributed by atoms with van der Waals surface area (Å²) in [6.45, 7) is 3.10. The average Bonchev–Trinajstić information content (AvgIpc) is 2.93. The van der Waals surface area contributed by atoms with Crippen molar-refractivity contribution in [3.63, 3.8) is 0 Å². The molecule has 1 heterocycles. The van der Waals surface area contributed by atoms with E-state index < -0.39 is 0 Å². The van der Waals surface area contributed by atoms with Crippen molar-refractivity contribution in [1.82, 2.24) is 4.98 Å². The SMILES string of the molecule is CCCCCCCCCCOc1ccc2cc[nH]c2c1. The van der Waals surface area contributed by atoms with Gasteiger partial charge in [-0.15, -0.1) is 0 Å². The Kier molecular flexibility index (Phi) is 6.49. The molecule has 2 rings (SSSR count). The molecule has 2 heteroatoms. The monoisotopic (exact) mass is 273 g/mol. The fraction of sp³-hybridized carbons (Fsp3) is 0.556. The predicted molar refractivity (Wildman–Crippen MR) is 86.4 cm³/mol. The highest BCUT2D eigenvalue weighted by Crippen LogP contribution is 2.19. The number of aromatic nitrogens is 1. The van der Waals surface area contributed by atoms with E-state index in [9.17, 15) is 0 Å². The van der Waals surface area contributed by atoms with Crippen molar-refractivity contribution in [2.45, 2.75) is 58.3 Å². The van der Waals surface area contributed by atoms with Crippen LogP contribution in [0.25, 0.3) is 10.9 Å². The van der Waals surface area contributed by atoms with Crippen LogP contribution in [0.15, 0.2) is 30.5 Å². The Morgan fingerprint density at radius 1 is 0.900 bits per heavy atom. The summed E-state index contributed by atoms with van der Waals surface area (Å²) in [4.78, 5) is 3.21. The van der Waals surface area contributed by atoms with Crippen molar-refractivity contribution in [2.24, 2.45) is 0 Å². The second-order valence-electron chi connectivity index (χ2n) is 5.55. The van der Waals surface area contributed by atoms with Gasteiger partial charge in [-0.1, -0.05) is 51.9 Å². The van der Waals surface area contributed by atoms with Crippen molar-refractivity contribution in [3.8, 4) is 5.75 Å². The van der Waals surface area contributed by atoms with Gasteiger partial charge in [-0.3, -0.25) is 0 Å². The summed E-state index contributed by atoms with van der Waals surface area (Å²) in [6.07, 6.45) is 12.7.